The number of aromatic nitrogens is 3. The number of likely N-dealkylation sites (tertiary alicyclic amines) is 1. The number of amides is 1. The van der Waals surface area contributed by atoms with Gasteiger partial charge in [-0.15, -0.1) is 0 Å². The summed E-state index contributed by atoms with van der Waals surface area (Å²) in [5, 5.41) is 9.89. The van der Waals surface area contributed by atoms with Crippen molar-refractivity contribution < 1.29 is 23.8 Å². The number of halogens is 1. The lowest BCUT2D eigenvalue weighted by Crippen LogP contribution is -2.58. The second-order valence-electron chi connectivity index (χ2n) is 8.98. The van der Waals surface area contributed by atoms with Crippen LogP contribution in [0.2, 0.25) is 0 Å². The SMILES string of the molecule is CC(C)c1ncc(C(=O)Nc2c(-c3ccccc3F)ccnc2C2CN(C3COC3)C2)cn1.O=CO. The standard InChI is InChI=1S/C25H26FN5O2.CH2O2/c1-15(2)24-28-9-16(10-29-24)25(32)30-23-20(19-5-3-4-6-21(19)26)7-8-27-22(23)17-11-31(12-17)18-13-33-14-18;2-1-3/h3-10,15,17-18H,11-14H2,1-2H3,(H,30,32);1H,(H,2,3). The summed E-state index contributed by atoms with van der Waals surface area (Å²) in [6.07, 6.45) is 4.73. The molecule has 1 amide bonds. The Hall–Kier alpha value is -3.76. The maximum absolute atomic E-state index is 14.7. The monoisotopic (exact) mass is 493 g/mol. The summed E-state index contributed by atoms with van der Waals surface area (Å²) in [7, 11) is 0. The largest absolute Gasteiger partial charge is 0.483 e. The van der Waals surface area contributed by atoms with Gasteiger partial charge in [0.15, 0.2) is 0 Å². The highest BCUT2D eigenvalue weighted by Gasteiger charge is 2.38. The lowest BCUT2D eigenvalue weighted by molar-refractivity contribution is -0.122. The Kier molecular flexibility index (Phi) is 7.97. The van der Waals surface area contributed by atoms with Crippen LogP contribution < -0.4 is 5.32 Å². The van der Waals surface area contributed by atoms with Gasteiger partial charge < -0.3 is 15.2 Å². The average Bonchev–Trinajstić information content (AvgIpc) is 2.81. The van der Waals surface area contributed by atoms with Gasteiger partial charge in [0.25, 0.3) is 12.4 Å². The molecule has 36 heavy (non-hydrogen) atoms. The van der Waals surface area contributed by atoms with Crippen LogP contribution in [0.5, 0.6) is 0 Å². The zero-order valence-corrected chi connectivity index (χ0v) is 20.1. The first-order chi connectivity index (χ1) is 17.4. The smallest absolute Gasteiger partial charge is 0.290 e. The molecule has 2 N–H and O–H groups in total. The number of ether oxygens (including phenoxy) is 1. The molecule has 0 spiro atoms. The van der Waals surface area contributed by atoms with E-state index in [0.717, 1.165) is 32.0 Å². The second kappa shape index (κ2) is 11.3. The van der Waals surface area contributed by atoms with Crippen LogP contribution in [0.1, 0.15) is 47.6 Å². The zero-order valence-electron chi connectivity index (χ0n) is 20.1. The van der Waals surface area contributed by atoms with Crippen molar-refractivity contribution in [2.75, 3.05) is 31.6 Å². The van der Waals surface area contributed by atoms with Crippen molar-refractivity contribution in [3.05, 3.63) is 71.8 Å². The van der Waals surface area contributed by atoms with Gasteiger partial charge in [-0.25, -0.2) is 14.4 Å². The number of pyridine rings is 1. The minimum absolute atomic E-state index is 0.146. The molecule has 2 saturated heterocycles. The van der Waals surface area contributed by atoms with Crippen molar-refractivity contribution in [2.24, 2.45) is 0 Å². The Morgan fingerprint density at radius 1 is 1.14 bits per heavy atom. The van der Waals surface area contributed by atoms with Gasteiger partial charge in [0.1, 0.15) is 11.6 Å². The molecule has 0 aliphatic carbocycles. The first kappa shape index (κ1) is 25.3. The van der Waals surface area contributed by atoms with Crippen LogP contribution in [0.3, 0.4) is 0 Å². The van der Waals surface area contributed by atoms with E-state index < -0.39 is 0 Å². The maximum Gasteiger partial charge on any atom is 0.290 e. The molecule has 0 radical (unpaired) electrons. The highest BCUT2D eigenvalue weighted by Crippen LogP contribution is 2.39. The van der Waals surface area contributed by atoms with E-state index >= 15 is 0 Å². The third-order valence-electron chi connectivity index (χ3n) is 6.27. The number of nitrogens with zero attached hydrogens (tertiary/aromatic N) is 4. The number of carbonyl (C=O) groups excluding carboxylic acids is 1. The van der Waals surface area contributed by atoms with E-state index in [-0.39, 0.29) is 30.0 Å². The summed E-state index contributed by atoms with van der Waals surface area (Å²) < 4.78 is 20.0. The molecule has 10 heteroatoms. The normalized spacial score (nSPS) is 15.9. The molecule has 9 nitrogen and oxygen atoms in total. The minimum Gasteiger partial charge on any atom is -0.483 e. The average molecular weight is 494 g/mol. The molecule has 0 atom stereocenters. The fraction of sp³-hybridized carbons (Fsp3) is 0.346. The summed E-state index contributed by atoms with van der Waals surface area (Å²) in [6, 6.07) is 8.75. The van der Waals surface area contributed by atoms with Crippen LogP contribution in [-0.2, 0) is 9.53 Å². The van der Waals surface area contributed by atoms with E-state index in [1.807, 2.05) is 13.8 Å². The second-order valence-corrected chi connectivity index (χ2v) is 8.98. The first-order valence-electron chi connectivity index (χ1n) is 11.7. The van der Waals surface area contributed by atoms with Crippen molar-refractivity contribution in [3.63, 3.8) is 0 Å². The molecule has 2 fully saturated rings. The van der Waals surface area contributed by atoms with Crippen molar-refractivity contribution in [2.45, 2.75) is 31.7 Å². The zero-order chi connectivity index (χ0) is 25.7. The summed E-state index contributed by atoms with van der Waals surface area (Å²) >= 11 is 0. The van der Waals surface area contributed by atoms with Crippen LogP contribution in [0, 0.1) is 5.82 Å². The molecule has 4 heterocycles. The Morgan fingerprint density at radius 2 is 1.81 bits per heavy atom. The van der Waals surface area contributed by atoms with Crippen molar-refractivity contribution in [3.8, 4) is 11.1 Å². The predicted octanol–water partition coefficient (Wildman–Crippen LogP) is 3.55. The highest BCUT2D eigenvalue weighted by atomic mass is 19.1. The Labute approximate surface area is 208 Å². The Balaban J connectivity index is 0.000000967. The molecule has 0 unspecified atom stereocenters. The first-order valence-corrected chi connectivity index (χ1v) is 11.7. The molecule has 2 aliphatic rings. The van der Waals surface area contributed by atoms with Crippen molar-refractivity contribution >= 4 is 18.1 Å². The molecule has 3 aromatic rings. The number of nitrogens with one attached hydrogen (secondary N) is 1. The third kappa shape index (κ3) is 5.39. The molecular weight excluding hydrogens is 465 g/mol. The van der Waals surface area contributed by atoms with Gasteiger partial charge in [-0.1, -0.05) is 32.0 Å². The van der Waals surface area contributed by atoms with Gasteiger partial charge >= 0.3 is 0 Å². The number of anilines is 1. The molecule has 0 saturated carbocycles. The van der Waals surface area contributed by atoms with Gasteiger partial charge in [0.05, 0.1) is 36.2 Å². The quantitative estimate of drug-likeness (QED) is 0.501. The fourth-order valence-electron chi connectivity index (χ4n) is 4.18. The molecule has 2 aromatic heterocycles. The summed E-state index contributed by atoms with van der Waals surface area (Å²) in [5.41, 5.74) is 2.67. The summed E-state index contributed by atoms with van der Waals surface area (Å²) in [6.45, 7) is 6.91. The Bertz CT molecular complexity index is 1210. The van der Waals surface area contributed by atoms with E-state index in [0.29, 0.717) is 34.2 Å². The number of rotatable bonds is 6. The van der Waals surface area contributed by atoms with Crippen molar-refractivity contribution in [1.29, 1.82) is 0 Å². The summed E-state index contributed by atoms with van der Waals surface area (Å²) in [5.74, 6) is 0.294. The number of hydrogen-bond acceptors (Lipinski definition) is 7. The minimum atomic E-state index is -0.350. The predicted molar refractivity (Wildman–Crippen MR) is 131 cm³/mol. The van der Waals surface area contributed by atoms with Gasteiger partial charge in [0, 0.05) is 54.6 Å². The van der Waals surface area contributed by atoms with Crippen LogP contribution >= 0.6 is 0 Å². The van der Waals surface area contributed by atoms with Gasteiger partial charge in [-0.3, -0.25) is 19.5 Å². The lowest BCUT2D eigenvalue weighted by atomic mass is 9.89. The van der Waals surface area contributed by atoms with Gasteiger partial charge in [-0.05, 0) is 12.1 Å². The van der Waals surface area contributed by atoms with E-state index in [1.165, 1.54) is 18.5 Å². The fourth-order valence-corrected chi connectivity index (χ4v) is 4.18. The summed E-state index contributed by atoms with van der Waals surface area (Å²) in [4.78, 5) is 37.1. The lowest BCUT2D eigenvalue weighted by Gasteiger charge is -2.47. The van der Waals surface area contributed by atoms with Crippen molar-refractivity contribution in [1.82, 2.24) is 19.9 Å². The maximum atomic E-state index is 14.7. The Morgan fingerprint density at radius 3 is 2.39 bits per heavy atom. The molecule has 2 aliphatic heterocycles. The molecule has 188 valence electrons. The van der Waals surface area contributed by atoms with E-state index in [2.05, 4.69) is 25.2 Å². The number of benzene rings is 1. The number of hydrogen-bond donors (Lipinski definition) is 2. The molecule has 1 aromatic carbocycles. The number of carboxylic acid groups (broad SMARTS) is 1. The van der Waals surface area contributed by atoms with E-state index in [4.69, 9.17) is 14.6 Å². The van der Waals surface area contributed by atoms with E-state index in [1.54, 1.807) is 30.5 Å². The molecule has 0 bridgehead atoms. The van der Waals surface area contributed by atoms with Crippen LogP contribution in [0.15, 0.2) is 48.9 Å². The molecular formula is C26H28FN5O4. The third-order valence-corrected chi connectivity index (χ3v) is 6.27. The molecule has 5 rings (SSSR count). The van der Waals surface area contributed by atoms with Gasteiger partial charge in [0.2, 0.25) is 0 Å². The number of carbonyl (C=O) groups is 2. The highest BCUT2D eigenvalue weighted by molar-refractivity contribution is 6.06. The van der Waals surface area contributed by atoms with E-state index in [9.17, 15) is 9.18 Å². The van der Waals surface area contributed by atoms with Crippen LogP contribution in [0.4, 0.5) is 10.1 Å². The topological polar surface area (TPSA) is 118 Å². The van der Waals surface area contributed by atoms with Crippen LogP contribution in [0.25, 0.3) is 11.1 Å². The van der Waals surface area contributed by atoms with Crippen LogP contribution in [-0.4, -0.2) is 69.7 Å². The van der Waals surface area contributed by atoms with Gasteiger partial charge in [-0.2, -0.15) is 0 Å².